The summed E-state index contributed by atoms with van der Waals surface area (Å²) in [5.74, 6) is 0. The molecule has 0 spiro atoms. The van der Waals surface area contributed by atoms with Gasteiger partial charge in [-0.15, -0.1) is 0 Å². The molecule has 0 rings (SSSR count). The molecule has 0 aromatic rings. The van der Waals surface area contributed by atoms with Crippen LogP contribution in [0.4, 0.5) is 0 Å². The number of rotatable bonds is 6. The van der Waals surface area contributed by atoms with Crippen molar-refractivity contribution in [2.24, 2.45) is 0 Å². The standard InChI is InChI=1S/C4H18O3Si4/c1-8-5-11(4,6-9-2)7-10-3/h8-10H2,1-4H3. The molecule has 0 radical (unpaired) electrons. The summed E-state index contributed by atoms with van der Waals surface area (Å²) in [5, 5.41) is 0. The van der Waals surface area contributed by atoms with Gasteiger partial charge in [-0.05, 0) is 0 Å². The highest BCUT2D eigenvalue weighted by Crippen LogP contribution is 2.06. The fourth-order valence-corrected chi connectivity index (χ4v) is 10.5. The quantitative estimate of drug-likeness (QED) is 0.544. The van der Waals surface area contributed by atoms with E-state index in [1.165, 1.54) is 0 Å². The zero-order valence-electron chi connectivity index (χ0n) is 7.85. The molecule has 0 saturated carbocycles. The maximum atomic E-state index is 5.61. The lowest BCUT2D eigenvalue weighted by Crippen LogP contribution is -2.44. The summed E-state index contributed by atoms with van der Waals surface area (Å²) in [6, 6.07) is 0. The number of hydrogen-bond donors (Lipinski definition) is 0. The van der Waals surface area contributed by atoms with Gasteiger partial charge in [-0.1, -0.05) is 19.6 Å². The Morgan fingerprint density at radius 1 is 0.818 bits per heavy atom. The van der Waals surface area contributed by atoms with E-state index in [1.807, 2.05) is 6.55 Å². The minimum Gasteiger partial charge on any atom is -0.423 e. The molecule has 68 valence electrons. The molecule has 7 heteroatoms. The van der Waals surface area contributed by atoms with Gasteiger partial charge >= 0.3 is 8.80 Å². The van der Waals surface area contributed by atoms with Gasteiger partial charge in [0.2, 0.25) is 0 Å². The smallest absolute Gasteiger partial charge is 0.423 e. The Hall–Kier alpha value is 0.748. The molecule has 3 nitrogen and oxygen atoms in total. The summed E-state index contributed by atoms with van der Waals surface area (Å²) in [6.07, 6.45) is 0. The van der Waals surface area contributed by atoms with Crippen LogP contribution < -0.4 is 0 Å². The maximum Gasteiger partial charge on any atom is 0.465 e. The topological polar surface area (TPSA) is 27.7 Å². The Bertz CT molecular complexity index is 84.3. The minimum atomic E-state index is -2.06. The molecule has 0 amide bonds. The molecule has 0 bridgehead atoms. The van der Waals surface area contributed by atoms with Crippen LogP contribution in [0.25, 0.3) is 0 Å². The van der Waals surface area contributed by atoms with Crippen LogP contribution in [0, 0.1) is 0 Å². The average Bonchev–Trinajstić information content (AvgIpc) is 1.88. The van der Waals surface area contributed by atoms with Crippen molar-refractivity contribution >= 4 is 38.1 Å². The molecule has 0 heterocycles. The molecule has 0 saturated heterocycles. The van der Waals surface area contributed by atoms with Crippen LogP contribution in [0.5, 0.6) is 0 Å². The van der Waals surface area contributed by atoms with Crippen molar-refractivity contribution in [3.8, 4) is 0 Å². The van der Waals surface area contributed by atoms with Crippen LogP contribution in [0.1, 0.15) is 0 Å². The molecule has 0 aliphatic heterocycles. The Kier molecular flexibility index (Phi) is 6.71. The second-order valence-electron chi connectivity index (χ2n) is 2.16. The molecule has 0 unspecified atom stereocenters. The molecule has 0 N–H and O–H groups in total. The lowest BCUT2D eigenvalue weighted by Gasteiger charge is -2.25. The summed E-state index contributed by atoms with van der Waals surface area (Å²) in [4.78, 5) is 0. The maximum absolute atomic E-state index is 5.61. The molecule has 0 aromatic heterocycles. The first-order valence-electron chi connectivity index (χ1n) is 4.10. The third-order valence-corrected chi connectivity index (χ3v) is 11.0. The first-order chi connectivity index (χ1) is 5.18. The van der Waals surface area contributed by atoms with Crippen LogP contribution >= 0.6 is 0 Å². The van der Waals surface area contributed by atoms with Crippen molar-refractivity contribution in [1.82, 2.24) is 0 Å². The highest BCUT2D eigenvalue weighted by Gasteiger charge is 2.30. The predicted molar refractivity (Wildman–Crippen MR) is 58.1 cm³/mol. The van der Waals surface area contributed by atoms with E-state index in [1.54, 1.807) is 0 Å². The largest absolute Gasteiger partial charge is 0.465 e. The zero-order valence-corrected chi connectivity index (χ0v) is 13.1. The molecule has 0 aliphatic rings. The van der Waals surface area contributed by atoms with Gasteiger partial charge in [-0.25, -0.2) is 0 Å². The predicted octanol–water partition coefficient (Wildman–Crippen LogP) is -0.999. The van der Waals surface area contributed by atoms with Crippen LogP contribution in [-0.4, -0.2) is 38.1 Å². The highest BCUT2D eigenvalue weighted by atomic mass is 28.5. The molecule has 0 atom stereocenters. The van der Waals surface area contributed by atoms with E-state index in [0.29, 0.717) is 0 Å². The fraction of sp³-hybridized carbons (Fsp3) is 1.00. The summed E-state index contributed by atoms with van der Waals surface area (Å²) in [5.41, 5.74) is 0. The summed E-state index contributed by atoms with van der Waals surface area (Å²) >= 11 is 0. The van der Waals surface area contributed by atoms with Gasteiger partial charge < -0.3 is 12.3 Å². The van der Waals surface area contributed by atoms with Gasteiger partial charge in [-0.3, -0.25) is 0 Å². The van der Waals surface area contributed by atoms with E-state index in [2.05, 4.69) is 19.6 Å². The van der Waals surface area contributed by atoms with Crippen molar-refractivity contribution in [2.75, 3.05) is 0 Å². The minimum absolute atomic E-state index is 0.375. The second-order valence-corrected chi connectivity index (χ2v) is 9.08. The van der Waals surface area contributed by atoms with E-state index in [9.17, 15) is 0 Å². The molecule has 0 aromatic carbocycles. The Balaban J connectivity index is 3.79. The van der Waals surface area contributed by atoms with E-state index >= 15 is 0 Å². The van der Waals surface area contributed by atoms with E-state index in [-0.39, 0.29) is 29.3 Å². The van der Waals surface area contributed by atoms with Gasteiger partial charge in [0.1, 0.15) is 29.3 Å². The van der Waals surface area contributed by atoms with E-state index in [0.717, 1.165) is 0 Å². The third-order valence-electron chi connectivity index (χ3n) is 1.22. The van der Waals surface area contributed by atoms with Crippen molar-refractivity contribution in [3.63, 3.8) is 0 Å². The zero-order chi connectivity index (χ0) is 8.74. The van der Waals surface area contributed by atoms with Crippen molar-refractivity contribution in [3.05, 3.63) is 0 Å². The molecule has 0 aliphatic carbocycles. The van der Waals surface area contributed by atoms with E-state index < -0.39 is 8.80 Å². The SMILES string of the molecule is C[SiH2]O[Si](C)(O[SiH2]C)O[SiH2]C. The van der Waals surface area contributed by atoms with Crippen LogP contribution in [0.2, 0.25) is 26.2 Å². The lowest BCUT2D eigenvalue weighted by atomic mass is 11.9. The first kappa shape index (κ1) is 11.7. The van der Waals surface area contributed by atoms with Crippen molar-refractivity contribution < 1.29 is 12.3 Å². The molecule has 0 fully saturated rings. The van der Waals surface area contributed by atoms with Crippen LogP contribution in [0.15, 0.2) is 0 Å². The van der Waals surface area contributed by atoms with Gasteiger partial charge in [0.15, 0.2) is 0 Å². The molecular formula is C4H18O3Si4. The fourth-order valence-electron chi connectivity index (χ4n) is 0.912. The van der Waals surface area contributed by atoms with Crippen LogP contribution in [-0.2, 0) is 12.3 Å². The highest BCUT2D eigenvalue weighted by molar-refractivity contribution is 6.72. The Labute approximate surface area is 77.0 Å². The van der Waals surface area contributed by atoms with E-state index in [4.69, 9.17) is 12.3 Å². The van der Waals surface area contributed by atoms with Crippen molar-refractivity contribution in [1.29, 1.82) is 0 Å². The van der Waals surface area contributed by atoms with Gasteiger partial charge in [-0.2, -0.15) is 0 Å². The van der Waals surface area contributed by atoms with Gasteiger partial charge in [0, 0.05) is 6.55 Å². The first-order valence-corrected chi connectivity index (χ1v) is 12.3. The Morgan fingerprint density at radius 3 is 1.27 bits per heavy atom. The van der Waals surface area contributed by atoms with Crippen molar-refractivity contribution in [2.45, 2.75) is 26.2 Å². The Morgan fingerprint density at radius 2 is 1.09 bits per heavy atom. The summed E-state index contributed by atoms with van der Waals surface area (Å²) in [6.45, 7) is 8.38. The monoisotopic (exact) mass is 226 g/mol. The second kappa shape index (κ2) is 6.28. The van der Waals surface area contributed by atoms with Gasteiger partial charge in [0.05, 0.1) is 0 Å². The lowest BCUT2D eigenvalue weighted by molar-refractivity contribution is 0.294. The van der Waals surface area contributed by atoms with Crippen LogP contribution in [0.3, 0.4) is 0 Å². The average molecular weight is 227 g/mol. The summed E-state index contributed by atoms with van der Waals surface area (Å²) < 4.78 is 16.8. The van der Waals surface area contributed by atoms with Gasteiger partial charge in [0.25, 0.3) is 0 Å². The number of hydrogen-bond acceptors (Lipinski definition) is 3. The molecule has 11 heavy (non-hydrogen) atoms. The normalized spacial score (nSPS) is 19.6. The summed E-state index contributed by atoms with van der Waals surface area (Å²) in [7, 11) is -3.19. The third kappa shape index (κ3) is 5.06. The molecular weight excluding hydrogens is 208 g/mol.